The van der Waals surface area contributed by atoms with Gasteiger partial charge < -0.3 is 5.11 Å². The van der Waals surface area contributed by atoms with Crippen molar-refractivity contribution in [2.45, 2.75) is 89.8 Å². The van der Waals surface area contributed by atoms with Crippen LogP contribution >= 0.6 is 15.9 Å². The Balaban J connectivity index is 1.63. The largest absolute Gasteiger partial charge is 0.481 e. The van der Waals surface area contributed by atoms with Crippen molar-refractivity contribution in [2.24, 2.45) is 46.3 Å². The topological polar surface area (TPSA) is 54.4 Å². The van der Waals surface area contributed by atoms with Gasteiger partial charge >= 0.3 is 5.97 Å². The van der Waals surface area contributed by atoms with Crippen LogP contribution in [0.5, 0.6) is 0 Å². The Labute approximate surface area is 178 Å². The Morgan fingerprint density at radius 1 is 1.18 bits per heavy atom. The van der Waals surface area contributed by atoms with E-state index in [1.165, 1.54) is 38.5 Å². The van der Waals surface area contributed by atoms with Crippen LogP contribution < -0.4 is 0 Å². The average molecular weight is 453 g/mol. The van der Waals surface area contributed by atoms with E-state index in [-0.39, 0.29) is 16.7 Å². The Morgan fingerprint density at radius 3 is 2.64 bits per heavy atom. The Morgan fingerprint density at radius 2 is 1.93 bits per heavy atom. The molecule has 3 nitrogen and oxygen atoms in total. The van der Waals surface area contributed by atoms with E-state index in [1.807, 2.05) is 0 Å². The molecule has 4 rings (SSSR count). The molecule has 0 aromatic rings. The lowest BCUT2D eigenvalue weighted by Gasteiger charge is -2.61. The number of hydrogen-bond acceptors (Lipinski definition) is 2. The van der Waals surface area contributed by atoms with E-state index < -0.39 is 5.97 Å². The molecule has 0 aromatic carbocycles. The van der Waals surface area contributed by atoms with Crippen LogP contribution in [0.4, 0.5) is 0 Å². The van der Waals surface area contributed by atoms with E-state index >= 15 is 0 Å². The Kier molecular flexibility index (Phi) is 5.51. The van der Waals surface area contributed by atoms with Crippen LogP contribution in [0.3, 0.4) is 0 Å². The van der Waals surface area contributed by atoms with Gasteiger partial charge in [-0.3, -0.25) is 9.59 Å². The second-order valence-electron chi connectivity index (χ2n) is 11.0. The van der Waals surface area contributed by atoms with Crippen LogP contribution in [0.2, 0.25) is 0 Å². The van der Waals surface area contributed by atoms with Crippen molar-refractivity contribution in [3.63, 3.8) is 0 Å². The van der Waals surface area contributed by atoms with Crippen molar-refractivity contribution in [3.8, 4) is 0 Å². The molecule has 0 aliphatic heterocycles. The first-order valence-corrected chi connectivity index (χ1v) is 12.5. The first kappa shape index (κ1) is 20.9. The molecule has 9 atom stereocenters. The monoisotopic (exact) mass is 452 g/mol. The van der Waals surface area contributed by atoms with E-state index in [2.05, 4.69) is 36.7 Å². The fourth-order valence-corrected chi connectivity index (χ4v) is 10.0. The summed E-state index contributed by atoms with van der Waals surface area (Å²) in [4.78, 5) is 25.0. The summed E-state index contributed by atoms with van der Waals surface area (Å²) < 4.78 is 0. The number of alkyl halides is 1. The zero-order valence-corrected chi connectivity index (χ0v) is 19.3. The number of aliphatic carboxylic acids is 1. The molecule has 0 radical (unpaired) electrons. The highest BCUT2D eigenvalue weighted by molar-refractivity contribution is 9.10. The van der Waals surface area contributed by atoms with Crippen LogP contribution in [0.1, 0.15) is 85.0 Å². The molecular formula is C24H37BrO3. The second-order valence-corrected chi connectivity index (χ2v) is 12.0. The number of hydrogen-bond donors (Lipinski definition) is 1. The quantitative estimate of drug-likeness (QED) is 0.524. The lowest BCUT2D eigenvalue weighted by molar-refractivity contribution is -0.155. The highest BCUT2D eigenvalue weighted by atomic mass is 79.9. The molecule has 28 heavy (non-hydrogen) atoms. The van der Waals surface area contributed by atoms with Crippen LogP contribution in [0, 0.1) is 46.3 Å². The molecule has 1 N–H and O–H groups in total. The van der Waals surface area contributed by atoms with E-state index in [4.69, 9.17) is 5.11 Å². The minimum atomic E-state index is -0.719. The normalized spacial score (nSPS) is 49.1. The van der Waals surface area contributed by atoms with Gasteiger partial charge in [0.05, 0.1) is 4.83 Å². The summed E-state index contributed by atoms with van der Waals surface area (Å²) in [5.41, 5.74) is 0.0461. The highest BCUT2D eigenvalue weighted by Crippen LogP contribution is 2.68. The summed E-state index contributed by atoms with van der Waals surface area (Å²) in [5, 5.41) is 9.11. The third-order valence-electron chi connectivity index (χ3n) is 9.97. The molecule has 0 saturated heterocycles. The molecule has 0 amide bonds. The zero-order valence-electron chi connectivity index (χ0n) is 17.8. The maximum Gasteiger partial charge on any atom is 0.303 e. The molecule has 4 fully saturated rings. The van der Waals surface area contributed by atoms with Crippen LogP contribution in [-0.4, -0.2) is 21.7 Å². The number of carbonyl (C=O) groups is 2. The minimum absolute atomic E-state index is 0.0167. The molecule has 4 saturated carbocycles. The molecule has 0 bridgehead atoms. The molecule has 0 aromatic heterocycles. The van der Waals surface area contributed by atoms with E-state index in [1.54, 1.807) is 0 Å². The van der Waals surface area contributed by atoms with Gasteiger partial charge in [0.15, 0.2) is 5.78 Å². The van der Waals surface area contributed by atoms with Gasteiger partial charge in [-0.15, -0.1) is 0 Å². The van der Waals surface area contributed by atoms with Crippen LogP contribution in [0.15, 0.2) is 0 Å². The lowest BCUT2D eigenvalue weighted by atomic mass is 9.44. The number of rotatable bonds is 4. The van der Waals surface area contributed by atoms with Gasteiger partial charge in [0, 0.05) is 11.8 Å². The number of Topliss-reactive ketones (excluding diaryl/α,β-unsaturated/α-hetero) is 1. The summed E-state index contributed by atoms with van der Waals surface area (Å²) in [5.74, 6) is 2.80. The SMILES string of the molecule is C[C@H](CCC(=O)O)[C@@H]1CC[C@@H]2[C@@H]3CC[C@@H]4CCCC[C@@]4(C)[C@H]3[C@H](Br)C(=O)[C@]21C. The van der Waals surface area contributed by atoms with Gasteiger partial charge in [0.2, 0.25) is 0 Å². The summed E-state index contributed by atoms with van der Waals surface area (Å²) in [7, 11) is 0. The first-order chi connectivity index (χ1) is 13.2. The van der Waals surface area contributed by atoms with Crippen LogP contribution in [-0.2, 0) is 9.59 Å². The fraction of sp³-hybridized carbons (Fsp3) is 0.917. The van der Waals surface area contributed by atoms with Gasteiger partial charge in [-0.1, -0.05) is 49.5 Å². The van der Waals surface area contributed by atoms with E-state index in [0.29, 0.717) is 47.2 Å². The molecule has 4 heteroatoms. The predicted molar refractivity (Wildman–Crippen MR) is 114 cm³/mol. The first-order valence-electron chi connectivity index (χ1n) is 11.6. The smallest absolute Gasteiger partial charge is 0.303 e. The summed E-state index contributed by atoms with van der Waals surface area (Å²) >= 11 is 3.96. The highest BCUT2D eigenvalue weighted by Gasteiger charge is 2.66. The second kappa shape index (κ2) is 7.39. The number of carboxylic acid groups (broad SMARTS) is 1. The maximum atomic E-state index is 13.9. The molecule has 0 unspecified atom stereocenters. The number of ketones is 1. The summed E-state index contributed by atoms with van der Waals surface area (Å²) in [6.45, 7) is 6.93. The Bertz CT molecular complexity index is 648. The third kappa shape index (κ3) is 2.94. The van der Waals surface area contributed by atoms with Gasteiger partial charge in [0.25, 0.3) is 0 Å². The fourth-order valence-electron chi connectivity index (χ4n) is 8.55. The predicted octanol–water partition coefficient (Wildman–Crippen LogP) is 6.09. The minimum Gasteiger partial charge on any atom is -0.481 e. The lowest BCUT2D eigenvalue weighted by Crippen LogP contribution is -2.61. The van der Waals surface area contributed by atoms with Crippen molar-refractivity contribution in [3.05, 3.63) is 0 Å². The molecule has 4 aliphatic rings. The number of carbonyl (C=O) groups excluding carboxylic acids is 1. The number of halogens is 1. The van der Waals surface area contributed by atoms with Crippen molar-refractivity contribution < 1.29 is 14.7 Å². The molecule has 4 aliphatic carbocycles. The van der Waals surface area contributed by atoms with E-state index in [9.17, 15) is 9.59 Å². The number of carboxylic acids is 1. The third-order valence-corrected chi connectivity index (χ3v) is 11.0. The molecule has 0 heterocycles. The van der Waals surface area contributed by atoms with Crippen LogP contribution in [0.25, 0.3) is 0 Å². The zero-order chi connectivity index (χ0) is 20.3. The standard InChI is InChI=1S/C24H37BrO3/c1-14(7-12-19(26)27)17-10-11-18-16-9-8-15-6-4-5-13-23(15,2)20(16)21(25)22(28)24(17,18)3/h14-18,20-21H,4-13H2,1-3H3,(H,26,27)/t14-,15+,16+,17+,18-,20-,21+,23-,24+/m1/s1. The van der Waals surface area contributed by atoms with Crippen molar-refractivity contribution in [2.75, 3.05) is 0 Å². The molecule has 0 spiro atoms. The molecular weight excluding hydrogens is 416 g/mol. The van der Waals surface area contributed by atoms with Gasteiger partial charge in [0.1, 0.15) is 0 Å². The van der Waals surface area contributed by atoms with Crippen molar-refractivity contribution in [1.29, 1.82) is 0 Å². The van der Waals surface area contributed by atoms with E-state index in [0.717, 1.165) is 18.8 Å². The average Bonchev–Trinajstić information content (AvgIpc) is 3.01. The summed E-state index contributed by atoms with van der Waals surface area (Å²) in [6.07, 6.45) is 11.1. The summed E-state index contributed by atoms with van der Waals surface area (Å²) in [6, 6.07) is 0. The van der Waals surface area contributed by atoms with Crippen molar-refractivity contribution >= 4 is 27.7 Å². The number of fused-ring (bicyclic) bond motifs is 5. The van der Waals surface area contributed by atoms with Gasteiger partial charge in [-0.25, -0.2) is 0 Å². The van der Waals surface area contributed by atoms with Crippen molar-refractivity contribution in [1.82, 2.24) is 0 Å². The molecule has 158 valence electrons. The van der Waals surface area contributed by atoms with Gasteiger partial charge in [-0.2, -0.15) is 0 Å². The maximum absolute atomic E-state index is 13.9. The Hall–Kier alpha value is -0.380. The van der Waals surface area contributed by atoms with Gasteiger partial charge in [-0.05, 0) is 85.9 Å².